The number of aromatic nitrogens is 3. The number of amides is 1. The van der Waals surface area contributed by atoms with E-state index < -0.39 is 0 Å². The average Bonchev–Trinajstić information content (AvgIpc) is 3.33. The highest BCUT2D eigenvalue weighted by Gasteiger charge is 2.31. The van der Waals surface area contributed by atoms with Crippen LogP contribution in [0, 0.1) is 17.2 Å². The van der Waals surface area contributed by atoms with Gasteiger partial charge in [-0.15, -0.1) is 0 Å². The van der Waals surface area contributed by atoms with Gasteiger partial charge in [0.25, 0.3) is 5.91 Å². The molecule has 1 atom stereocenters. The number of nitrogens with two attached hydrogens (primary N) is 1. The molecule has 2 aromatic heterocycles. The standard InChI is InChI=1S/C32H32N6O4/c33-20-23(19-22-13-17-41-18-14-22)31(39)36-16-4-5-25(21-36)37-28-12-15-35-30(34)29(28)38(32(37)40)24-8-10-27(11-9-24)42-26-6-2-1-3-7-26/h1-3,6-12,15,19,22,25H,4-5,13-14,16-18,21H2,(H2,34,35). The minimum Gasteiger partial charge on any atom is -0.457 e. The largest absolute Gasteiger partial charge is 0.457 e. The highest BCUT2D eigenvalue weighted by Crippen LogP contribution is 2.30. The number of nitriles is 1. The number of hydrogen-bond acceptors (Lipinski definition) is 7. The summed E-state index contributed by atoms with van der Waals surface area (Å²) in [6, 6.07) is 20.3. The number of fused-ring (bicyclic) bond motifs is 1. The van der Waals surface area contributed by atoms with Gasteiger partial charge in [0, 0.05) is 32.5 Å². The van der Waals surface area contributed by atoms with E-state index in [4.69, 9.17) is 15.2 Å². The van der Waals surface area contributed by atoms with Crippen LogP contribution in [0.1, 0.15) is 31.7 Å². The molecule has 10 heteroatoms. The minimum absolute atomic E-state index is 0.151. The van der Waals surface area contributed by atoms with Crippen LogP contribution in [0.5, 0.6) is 11.5 Å². The molecular formula is C32H32N6O4. The molecule has 42 heavy (non-hydrogen) atoms. The van der Waals surface area contributed by atoms with E-state index in [-0.39, 0.29) is 34.9 Å². The lowest BCUT2D eigenvalue weighted by molar-refractivity contribution is -0.128. The van der Waals surface area contributed by atoms with Crippen molar-refractivity contribution < 1.29 is 14.3 Å². The van der Waals surface area contributed by atoms with Gasteiger partial charge in [0.2, 0.25) is 0 Å². The second-order valence-corrected chi connectivity index (χ2v) is 10.7. The Balaban J connectivity index is 1.31. The number of nitrogen functional groups attached to an aromatic ring is 1. The lowest BCUT2D eigenvalue weighted by Crippen LogP contribution is -2.43. The fraction of sp³-hybridized carbons (Fsp3) is 0.312. The van der Waals surface area contributed by atoms with Crippen LogP contribution >= 0.6 is 0 Å². The monoisotopic (exact) mass is 564 g/mol. The Morgan fingerprint density at radius 3 is 2.52 bits per heavy atom. The first kappa shape index (κ1) is 27.3. The number of ether oxygens (including phenoxy) is 2. The summed E-state index contributed by atoms with van der Waals surface area (Å²) in [6.07, 6.45) is 6.39. The second kappa shape index (κ2) is 11.9. The maximum atomic E-state index is 14.1. The van der Waals surface area contributed by atoms with E-state index in [2.05, 4.69) is 11.1 Å². The number of nitrogens with zero attached hydrogens (tertiary/aromatic N) is 5. The van der Waals surface area contributed by atoms with Gasteiger partial charge in [0.15, 0.2) is 0 Å². The number of para-hydroxylation sites is 1. The minimum atomic E-state index is -0.291. The van der Waals surface area contributed by atoms with Gasteiger partial charge in [0.05, 0.1) is 17.2 Å². The van der Waals surface area contributed by atoms with Gasteiger partial charge in [-0.05, 0) is 74.1 Å². The van der Waals surface area contributed by atoms with Gasteiger partial charge in [-0.25, -0.2) is 9.78 Å². The van der Waals surface area contributed by atoms with Crippen molar-refractivity contribution in [2.75, 3.05) is 32.0 Å². The van der Waals surface area contributed by atoms with Gasteiger partial charge in [-0.1, -0.05) is 24.3 Å². The Hall–Kier alpha value is -4.88. The fourth-order valence-electron chi connectivity index (χ4n) is 5.86. The summed E-state index contributed by atoms with van der Waals surface area (Å²) < 4.78 is 14.6. The van der Waals surface area contributed by atoms with Crippen LogP contribution in [-0.4, -0.2) is 51.2 Å². The van der Waals surface area contributed by atoms with Crippen molar-refractivity contribution >= 4 is 22.8 Å². The van der Waals surface area contributed by atoms with Crippen molar-refractivity contribution in [2.24, 2.45) is 5.92 Å². The Morgan fingerprint density at radius 1 is 1.05 bits per heavy atom. The Bertz CT molecular complexity index is 1710. The highest BCUT2D eigenvalue weighted by atomic mass is 16.5. The summed E-state index contributed by atoms with van der Waals surface area (Å²) >= 11 is 0. The molecule has 4 heterocycles. The second-order valence-electron chi connectivity index (χ2n) is 10.7. The van der Waals surface area contributed by atoms with Crippen LogP contribution in [0.3, 0.4) is 0 Å². The lowest BCUT2D eigenvalue weighted by Gasteiger charge is -2.33. The van der Waals surface area contributed by atoms with E-state index in [0.29, 0.717) is 67.4 Å². The molecule has 2 aliphatic rings. The van der Waals surface area contributed by atoms with Crippen LogP contribution in [0.4, 0.5) is 5.82 Å². The Morgan fingerprint density at radius 2 is 1.79 bits per heavy atom. The van der Waals surface area contributed by atoms with Crippen LogP contribution in [0.25, 0.3) is 16.7 Å². The molecule has 6 rings (SSSR count). The quantitative estimate of drug-likeness (QED) is 0.268. The van der Waals surface area contributed by atoms with Gasteiger partial charge in [0.1, 0.15) is 34.5 Å². The van der Waals surface area contributed by atoms with E-state index in [9.17, 15) is 14.9 Å². The number of hydrogen-bond donors (Lipinski definition) is 1. The predicted molar refractivity (Wildman–Crippen MR) is 158 cm³/mol. The zero-order valence-corrected chi connectivity index (χ0v) is 23.2. The van der Waals surface area contributed by atoms with E-state index >= 15 is 0 Å². The molecule has 2 aliphatic heterocycles. The number of carbonyl (C=O) groups excluding carboxylic acids is 1. The summed E-state index contributed by atoms with van der Waals surface area (Å²) in [7, 11) is 0. The maximum absolute atomic E-state index is 14.1. The normalized spacial score (nSPS) is 18.1. The smallest absolute Gasteiger partial charge is 0.334 e. The number of rotatable bonds is 6. The Kier molecular flexibility index (Phi) is 7.75. The van der Waals surface area contributed by atoms with Crippen molar-refractivity contribution in [3.8, 4) is 23.3 Å². The molecule has 0 bridgehead atoms. The van der Waals surface area contributed by atoms with Crippen molar-refractivity contribution in [2.45, 2.75) is 31.7 Å². The van der Waals surface area contributed by atoms with Gasteiger partial charge in [-0.2, -0.15) is 5.26 Å². The third kappa shape index (κ3) is 5.39. The first-order valence-electron chi connectivity index (χ1n) is 14.2. The van der Waals surface area contributed by atoms with E-state index in [1.54, 1.807) is 44.5 Å². The number of anilines is 1. The van der Waals surface area contributed by atoms with Gasteiger partial charge >= 0.3 is 5.69 Å². The topological polar surface area (TPSA) is 128 Å². The van der Waals surface area contributed by atoms with Gasteiger partial charge in [-0.3, -0.25) is 13.9 Å². The van der Waals surface area contributed by atoms with Crippen molar-refractivity contribution in [3.63, 3.8) is 0 Å². The van der Waals surface area contributed by atoms with Crippen LogP contribution in [0.15, 0.2) is 83.3 Å². The van der Waals surface area contributed by atoms with Crippen LogP contribution in [0.2, 0.25) is 0 Å². The zero-order valence-electron chi connectivity index (χ0n) is 23.2. The summed E-state index contributed by atoms with van der Waals surface area (Å²) in [6.45, 7) is 2.11. The maximum Gasteiger partial charge on any atom is 0.334 e. The molecule has 4 aromatic rings. The molecule has 0 radical (unpaired) electrons. The Labute approximate surface area is 243 Å². The SMILES string of the molecule is N#CC(=CC1CCOCC1)C(=O)N1CCCC(n2c(=O)n(-c3ccc(Oc4ccccc4)cc3)c3c(N)nccc32)C1. The lowest BCUT2D eigenvalue weighted by atomic mass is 9.96. The number of piperidine rings is 1. The van der Waals surface area contributed by atoms with E-state index in [1.807, 2.05) is 42.5 Å². The molecule has 214 valence electrons. The molecule has 0 aliphatic carbocycles. The number of pyridine rings is 1. The van der Waals surface area contributed by atoms with E-state index in [1.165, 1.54) is 0 Å². The molecule has 2 fully saturated rings. The number of carbonyl (C=O) groups is 1. The van der Waals surface area contributed by atoms with Gasteiger partial charge < -0.3 is 20.1 Å². The average molecular weight is 565 g/mol. The van der Waals surface area contributed by atoms with Crippen LogP contribution < -0.4 is 16.2 Å². The number of benzene rings is 2. The molecule has 2 saturated heterocycles. The molecule has 2 N–H and O–H groups in total. The number of likely N-dealkylation sites (tertiary alicyclic amines) is 1. The highest BCUT2D eigenvalue weighted by molar-refractivity contribution is 5.97. The molecule has 0 spiro atoms. The zero-order chi connectivity index (χ0) is 29.1. The predicted octanol–water partition coefficient (Wildman–Crippen LogP) is 4.60. The fourth-order valence-corrected chi connectivity index (χ4v) is 5.86. The number of imidazole rings is 1. The van der Waals surface area contributed by atoms with Crippen LogP contribution in [-0.2, 0) is 9.53 Å². The van der Waals surface area contributed by atoms with E-state index in [0.717, 1.165) is 12.8 Å². The summed E-state index contributed by atoms with van der Waals surface area (Å²) in [5.74, 6) is 1.45. The summed E-state index contributed by atoms with van der Waals surface area (Å²) in [5.41, 5.74) is 8.01. The summed E-state index contributed by atoms with van der Waals surface area (Å²) in [5, 5.41) is 9.80. The number of allylic oxidation sites excluding steroid dienone is 1. The molecule has 1 amide bonds. The molecular weight excluding hydrogens is 532 g/mol. The molecule has 10 nitrogen and oxygen atoms in total. The van der Waals surface area contributed by atoms with Crippen molar-refractivity contribution in [1.29, 1.82) is 5.26 Å². The van der Waals surface area contributed by atoms with Crippen molar-refractivity contribution in [1.82, 2.24) is 19.0 Å². The molecule has 1 unspecified atom stereocenters. The van der Waals surface area contributed by atoms with Crippen molar-refractivity contribution in [3.05, 3.63) is 89.0 Å². The molecule has 0 saturated carbocycles. The first-order chi connectivity index (χ1) is 20.5. The third-order valence-electron chi connectivity index (χ3n) is 7.95. The summed E-state index contributed by atoms with van der Waals surface area (Å²) in [4.78, 5) is 33.5. The third-order valence-corrected chi connectivity index (χ3v) is 7.95. The first-order valence-corrected chi connectivity index (χ1v) is 14.2. The molecule has 2 aromatic carbocycles.